The predicted octanol–water partition coefficient (Wildman–Crippen LogP) is 3.31. The highest BCUT2D eigenvalue weighted by Gasteiger charge is 2.43. The number of carboxylic acid groups (broad SMARTS) is 1. The fourth-order valence-corrected chi connectivity index (χ4v) is 3.48. The molecule has 1 aliphatic rings. The number of rotatable bonds is 2. The van der Waals surface area contributed by atoms with Gasteiger partial charge in [0, 0.05) is 16.6 Å². The first-order valence-electron chi connectivity index (χ1n) is 6.70. The number of aromatic nitrogens is 1. The van der Waals surface area contributed by atoms with Gasteiger partial charge in [-0.25, -0.2) is 4.79 Å². The van der Waals surface area contributed by atoms with Crippen molar-refractivity contribution < 1.29 is 28.2 Å². The van der Waals surface area contributed by atoms with Gasteiger partial charge in [-0.05, 0) is 25.5 Å². The third-order valence-electron chi connectivity index (χ3n) is 3.28. The summed E-state index contributed by atoms with van der Waals surface area (Å²) in [5.41, 5.74) is 1.33. The monoisotopic (exact) mass is 342 g/mol. The van der Waals surface area contributed by atoms with Gasteiger partial charge >= 0.3 is 12.4 Å². The zero-order valence-electron chi connectivity index (χ0n) is 12.2. The number of aryl methyl sites for hydroxylation is 1. The second-order valence-electron chi connectivity index (χ2n) is 4.77. The number of carbonyl (C=O) groups is 1. The largest absolute Gasteiger partial charge is 0.586 e. The summed E-state index contributed by atoms with van der Waals surface area (Å²) in [6.45, 7) is 3.76. The second-order valence-corrected chi connectivity index (χ2v) is 5.95. The van der Waals surface area contributed by atoms with E-state index in [-0.39, 0.29) is 16.3 Å². The number of amides is 1. The highest BCUT2D eigenvalue weighted by Crippen LogP contribution is 2.41. The number of fused-ring (bicyclic) bond motifs is 1. The van der Waals surface area contributed by atoms with Crippen molar-refractivity contribution in [2.24, 2.45) is 4.99 Å². The number of halogens is 2. The average molecular weight is 342 g/mol. The maximum atomic E-state index is 13.1. The van der Waals surface area contributed by atoms with Crippen LogP contribution in [-0.4, -0.2) is 22.1 Å². The first kappa shape index (κ1) is 15.5. The van der Waals surface area contributed by atoms with Crippen LogP contribution in [0.25, 0.3) is 5.69 Å². The highest BCUT2D eigenvalue weighted by atomic mass is 32.1. The SMILES string of the molecule is CCc1c(C)sc(=NC(=O)O)n1-c1ccc2c(c1)OC(F)(F)O2. The van der Waals surface area contributed by atoms with Crippen LogP contribution in [0.4, 0.5) is 13.6 Å². The molecular formula is C14H12F2N2O4S. The maximum Gasteiger partial charge on any atom is 0.586 e. The average Bonchev–Trinajstić information content (AvgIpc) is 2.91. The van der Waals surface area contributed by atoms with Gasteiger partial charge in [-0.15, -0.1) is 25.1 Å². The van der Waals surface area contributed by atoms with E-state index in [1.54, 1.807) is 10.6 Å². The summed E-state index contributed by atoms with van der Waals surface area (Å²) in [6.07, 6.45) is -4.39. The predicted molar refractivity (Wildman–Crippen MR) is 77.6 cm³/mol. The molecule has 9 heteroatoms. The van der Waals surface area contributed by atoms with E-state index in [2.05, 4.69) is 14.5 Å². The topological polar surface area (TPSA) is 73.0 Å². The molecule has 0 spiro atoms. The summed E-state index contributed by atoms with van der Waals surface area (Å²) in [6, 6.07) is 4.29. The van der Waals surface area contributed by atoms with Crippen LogP contribution in [-0.2, 0) is 6.42 Å². The Balaban J connectivity index is 2.19. The second kappa shape index (κ2) is 5.34. The van der Waals surface area contributed by atoms with E-state index in [1.165, 1.54) is 23.5 Å². The standard InChI is InChI=1S/C14H12F2N2O4S/c1-3-9-7(2)23-12(17-13(19)20)18(9)8-4-5-10-11(6-8)22-14(15,16)21-10/h4-6H,3H2,1-2H3,(H,19,20). The van der Waals surface area contributed by atoms with E-state index < -0.39 is 12.4 Å². The molecule has 3 rings (SSSR count). The molecule has 0 fully saturated rings. The number of ether oxygens (including phenoxy) is 2. The van der Waals surface area contributed by atoms with Crippen LogP contribution in [0.3, 0.4) is 0 Å². The highest BCUT2D eigenvalue weighted by molar-refractivity contribution is 7.09. The van der Waals surface area contributed by atoms with Crippen LogP contribution in [0.15, 0.2) is 23.2 Å². The molecule has 0 unspecified atom stereocenters. The quantitative estimate of drug-likeness (QED) is 0.909. The Labute approximate surface area is 133 Å². The van der Waals surface area contributed by atoms with Crippen molar-refractivity contribution in [3.8, 4) is 17.2 Å². The molecule has 1 N–H and O–H groups in total. The first-order valence-corrected chi connectivity index (χ1v) is 7.51. The van der Waals surface area contributed by atoms with E-state index in [4.69, 9.17) is 5.11 Å². The molecular weight excluding hydrogens is 330 g/mol. The molecule has 2 aromatic rings. The molecule has 1 aromatic carbocycles. The zero-order valence-corrected chi connectivity index (χ0v) is 13.0. The summed E-state index contributed by atoms with van der Waals surface area (Å²) < 4.78 is 36.7. The van der Waals surface area contributed by atoms with Crippen molar-refractivity contribution in [3.63, 3.8) is 0 Å². The van der Waals surface area contributed by atoms with Gasteiger partial charge in [0.05, 0.1) is 5.69 Å². The molecule has 0 saturated carbocycles. The van der Waals surface area contributed by atoms with Crippen LogP contribution in [0.2, 0.25) is 0 Å². The smallest absolute Gasteiger partial charge is 0.463 e. The molecule has 6 nitrogen and oxygen atoms in total. The number of thiazole rings is 1. The van der Waals surface area contributed by atoms with E-state index in [1.807, 2.05) is 13.8 Å². The number of alkyl halides is 2. The third kappa shape index (κ3) is 2.79. The molecule has 1 aliphatic heterocycles. The van der Waals surface area contributed by atoms with Gasteiger partial charge in [0.25, 0.3) is 0 Å². The summed E-state index contributed by atoms with van der Waals surface area (Å²) in [4.78, 5) is 15.6. The Kier molecular flexibility index (Phi) is 3.59. The number of nitrogens with zero attached hydrogens (tertiary/aromatic N) is 2. The molecule has 0 saturated heterocycles. The molecule has 0 aliphatic carbocycles. The molecule has 1 amide bonds. The van der Waals surface area contributed by atoms with E-state index >= 15 is 0 Å². The van der Waals surface area contributed by atoms with Gasteiger partial charge in [-0.2, -0.15) is 0 Å². The number of hydrogen-bond acceptors (Lipinski definition) is 4. The van der Waals surface area contributed by atoms with Crippen LogP contribution < -0.4 is 14.3 Å². The molecule has 2 heterocycles. The minimum Gasteiger partial charge on any atom is -0.463 e. The van der Waals surface area contributed by atoms with Gasteiger partial charge in [-0.3, -0.25) is 4.57 Å². The van der Waals surface area contributed by atoms with Gasteiger partial charge < -0.3 is 14.6 Å². The van der Waals surface area contributed by atoms with E-state index in [9.17, 15) is 13.6 Å². The summed E-state index contributed by atoms with van der Waals surface area (Å²) in [5, 5.41) is 8.92. The molecule has 1 aromatic heterocycles. The van der Waals surface area contributed by atoms with Gasteiger partial charge in [0.15, 0.2) is 11.5 Å². The molecule has 23 heavy (non-hydrogen) atoms. The van der Waals surface area contributed by atoms with E-state index in [0.717, 1.165) is 10.6 Å². The Bertz CT molecular complexity index is 857. The van der Waals surface area contributed by atoms with Gasteiger partial charge in [0.2, 0.25) is 4.80 Å². The lowest BCUT2D eigenvalue weighted by molar-refractivity contribution is -0.286. The van der Waals surface area contributed by atoms with Crippen molar-refractivity contribution in [1.82, 2.24) is 4.57 Å². The molecule has 0 atom stereocenters. The lowest BCUT2D eigenvalue weighted by Crippen LogP contribution is -2.25. The Morgan fingerprint density at radius 2 is 2.09 bits per heavy atom. The number of hydrogen-bond donors (Lipinski definition) is 1. The van der Waals surface area contributed by atoms with Crippen molar-refractivity contribution in [1.29, 1.82) is 0 Å². The summed E-state index contributed by atoms with van der Waals surface area (Å²) in [5.74, 6) is -0.173. The first-order chi connectivity index (χ1) is 10.8. The van der Waals surface area contributed by atoms with Crippen molar-refractivity contribution in [3.05, 3.63) is 33.6 Å². The zero-order chi connectivity index (χ0) is 16.8. The Morgan fingerprint density at radius 3 is 2.74 bits per heavy atom. The maximum absolute atomic E-state index is 13.1. The van der Waals surface area contributed by atoms with Crippen LogP contribution >= 0.6 is 11.3 Å². The summed E-state index contributed by atoms with van der Waals surface area (Å²) in [7, 11) is 0. The Hall–Kier alpha value is -2.42. The lowest BCUT2D eigenvalue weighted by atomic mass is 10.2. The molecule has 0 radical (unpaired) electrons. The molecule has 0 bridgehead atoms. The van der Waals surface area contributed by atoms with Crippen molar-refractivity contribution >= 4 is 17.4 Å². The van der Waals surface area contributed by atoms with Crippen molar-refractivity contribution in [2.75, 3.05) is 0 Å². The fraction of sp³-hybridized carbons (Fsp3) is 0.286. The fourth-order valence-electron chi connectivity index (χ4n) is 2.42. The Morgan fingerprint density at radius 1 is 1.39 bits per heavy atom. The summed E-state index contributed by atoms with van der Waals surface area (Å²) >= 11 is 1.22. The lowest BCUT2D eigenvalue weighted by Gasteiger charge is -2.09. The third-order valence-corrected chi connectivity index (χ3v) is 4.28. The van der Waals surface area contributed by atoms with E-state index in [0.29, 0.717) is 12.1 Å². The van der Waals surface area contributed by atoms with Crippen molar-refractivity contribution in [2.45, 2.75) is 26.6 Å². The van der Waals surface area contributed by atoms with Gasteiger partial charge in [-0.1, -0.05) is 6.92 Å². The van der Waals surface area contributed by atoms with Crippen LogP contribution in [0.1, 0.15) is 17.5 Å². The minimum absolute atomic E-state index is 0.0685. The molecule has 122 valence electrons. The normalized spacial score (nSPS) is 15.9. The minimum atomic E-state index is -3.70. The van der Waals surface area contributed by atoms with Crippen LogP contribution in [0, 0.1) is 6.92 Å². The number of benzene rings is 1. The van der Waals surface area contributed by atoms with Gasteiger partial charge in [0.1, 0.15) is 0 Å². The van der Waals surface area contributed by atoms with Crippen LogP contribution in [0.5, 0.6) is 11.5 Å².